The van der Waals surface area contributed by atoms with Crippen molar-refractivity contribution in [2.45, 2.75) is 18.7 Å². The lowest BCUT2D eigenvalue weighted by Crippen LogP contribution is -2.31. The summed E-state index contributed by atoms with van der Waals surface area (Å²) in [5.41, 5.74) is 1.43. The molecule has 0 aromatic heterocycles. The number of rotatable bonds is 6. The van der Waals surface area contributed by atoms with Crippen LogP contribution in [-0.4, -0.2) is 29.2 Å². The number of nitrogens with zero attached hydrogens (tertiary/aromatic N) is 1. The van der Waals surface area contributed by atoms with Gasteiger partial charge in [-0.05, 0) is 49.7 Å². The van der Waals surface area contributed by atoms with Gasteiger partial charge >= 0.3 is 0 Å². The van der Waals surface area contributed by atoms with Crippen LogP contribution in [0.3, 0.4) is 0 Å². The summed E-state index contributed by atoms with van der Waals surface area (Å²) in [4.78, 5) is 0.0960. The van der Waals surface area contributed by atoms with Gasteiger partial charge in [0.25, 0.3) is 10.0 Å². The van der Waals surface area contributed by atoms with Gasteiger partial charge in [-0.3, -0.25) is 4.31 Å². The van der Waals surface area contributed by atoms with Gasteiger partial charge in [0.1, 0.15) is 11.5 Å². The lowest BCUT2D eigenvalue weighted by molar-refractivity contribution is 0.414. The van der Waals surface area contributed by atoms with Gasteiger partial charge in [-0.2, -0.15) is 0 Å². The second kappa shape index (κ2) is 7.32. The normalized spacial score (nSPS) is 11.2. The van der Waals surface area contributed by atoms with Gasteiger partial charge in [-0.15, -0.1) is 0 Å². The summed E-state index contributed by atoms with van der Waals surface area (Å²) in [6, 6.07) is 9.81. The molecule has 0 spiro atoms. The van der Waals surface area contributed by atoms with Crippen molar-refractivity contribution in [3.63, 3.8) is 0 Å². The molecule has 24 heavy (non-hydrogen) atoms. The monoisotopic (exact) mass is 369 g/mol. The van der Waals surface area contributed by atoms with Gasteiger partial charge in [-0.25, -0.2) is 8.42 Å². The minimum atomic E-state index is -3.79. The SMILES string of the molecule is CCN(c1cc(C)ccc1OC)S(=O)(=O)c1ccc(OC)c(Cl)c1. The summed E-state index contributed by atoms with van der Waals surface area (Å²) in [5.74, 6) is 0.914. The highest BCUT2D eigenvalue weighted by atomic mass is 35.5. The summed E-state index contributed by atoms with van der Waals surface area (Å²) in [5, 5.41) is 0.242. The minimum Gasteiger partial charge on any atom is -0.495 e. The predicted octanol–water partition coefficient (Wildman–Crippen LogP) is 3.88. The van der Waals surface area contributed by atoms with Gasteiger partial charge in [0.2, 0.25) is 0 Å². The number of aryl methyl sites for hydroxylation is 1. The Kier molecular flexibility index (Phi) is 5.62. The molecule has 0 amide bonds. The molecule has 130 valence electrons. The average molecular weight is 370 g/mol. The van der Waals surface area contributed by atoms with Gasteiger partial charge in [0, 0.05) is 6.54 Å². The van der Waals surface area contributed by atoms with Crippen molar-refractivity contribution in [3.05, 3.63) is 47.0 Å². The zero-order chi connectivity index (χ0) is 17.9. The molecule has 0 bridgehead atoms. The highest BCUT2D eigenvalue weighted by Gasteiger charge is 2.27. The predicted molar refractivity (Wildman–Crippen MR) is 95.9 cm³/mol. The smallest absolute Gasteiger partial charge is 0.264 e. The summed E-state index contributed by atoms with van der Waals surface area (Å²) in [6.07, 6.45) is 0. The van der Waals surface area contributed by atoms with Crippen LogP contribution in [0.2, 0.25) is 5.02 Å². The molecule has 0 radical (unpaired) electrons. The Bertz CT molecular complexity index is 836. The summed E-state index contributed by atoms with van der Waals surface area (Å²) in [7, 11) is -0.797. The van der Waals surface area contributed by atoms with E-state index in [1.54, 1.807) is 19.1 Å². The van der Waals surface area contributed by atoms with E-state index in [2.05, 4.69) is 0 Å². The maximum Gasteiger partial charge on any atom is 0.264 e. The molecular weight excluding hydrogens is 350 g/mol. The second-order valence-electron chi connectivity index (χ2n) is 5.14. The minimum absolute atomic E-state index is 0.0960. The molecule has 0 fully saturated rings. The van der Waals surface area contributed by atoms with Gasteiger partial charge < -0.3 is 9.47 Å². The molecule has 7 heteroatoms. The Morgan fingerprint density at radius 3 is 2.21 bits per heavy atom. The number of hydrogen-bond acceptors (Lipinski definition) is 4. The van der Waals surface area contributed by atoms with Crippen LogP contribution in [0, 0.1) is 6.92 Å². The third-order valence-corrected chi connectivity index (χ3v) is 5.78. The summed E-state index contributed by atoms with van der Waals surface area (Å²) < 4.78 is 37.8. The Labute approximate surface area is 147 Å². The van der Waals surface area contributed by atoms with E-state index < -0.39 is 10.0 Å². The first-order chi connectivity index (χ1) is 11.3. The molecule has 0 saturated heterocycles. The standard InChI is InChI=1S/C17H20ClNO4S/c1-5-19(15-10-12(2)6-8-17(15)23-4)24(20,21)13-7-9-16(22-3)14(18)11-13/h6-11H,5H2,1-4H3. The highest BCUT2D eigenvalue weighted by molar-refractivity contribution is 7.92. The van der Waals surface area contributed by atoms with E-state index in [0.29, 0.717) is 17.2 Å². The fourth-order valence-corrected chi connectivity index (χ4v) is 4.22. The van der Waals surface area contributed by atoms with Crippen LogP contribution in [0.4, 0.5) is 5.69 Å². The Hall–Kier alpha value is -1.92. The molecule has 2 aromatic rings. The van der Waals surface area contributed by atoms with E-state index in [1.165, 1.54) is 36.7 Å². The van der Waals surface area contributed by atoms with Gasteiger partial charge in [0.15, 0.2) is 0 Å². The van der Waals surface area contributed by atoms with Crippen LogP contribution in [0.25, 0.3) is 0 Å². The largest absolute Gasteiger partial charge is 0.495 e. The molecule has 0 N–H and O–H groups in total. The van der Waals surface area contributed by atoms with Gasteiger partial charge in [0.05, 0.1) is 29.8 Å². The van der Waals surface area contributed by atoms with Crippen LogP contribution in [0.15, 0.2) is 41.3 Å². The molecular formula is C17H20ClNO4S. The number of sulfonamides is 1. The topological polar surface area (TPSA) is 55.8 Å². The number of benzene rings is 2. The first kappa shape index (κ1) is 18.4. The van der Waals surface area contributed by atoms with Crippen molar-refractivity contribution in [2.75, 3.05) is 25.1 Å². The fraction of sp³-hybridized carbons (Fsp3) is 0.294. The van der Waals surface area contributed by atoms with Crippen LogP contribution < -0.4 is 13.8 Å². The van der Waals surface area contributed by atoms with E-state index >= 15 is 0 Å². The molecule has 0 heterocycles. The lowest BCUT2D eigenvalue weighted by Gasteiger charge is -2.25. The third kappa shape index (κ3) is 3.44. The zero-order valence-electron chi connectivity index (χ0n) is 14.0. The van der Waals surface area contributed by atoms with E-state index in [0.717, 1.165) is 5.56 Å². The first-order valence-corrected chi connectivity index (χ1v) is 9.17. The number of methoxy groups -OCH3 is 2. The highest BCUT2D eigenvalue weighted by Crippen LogP contribution is 2.35. The maximum absolute atomic E-state index is 13.1. The lowest BCUT2D eigenvalue weighted by atomic mass is 10.2. The molecule has 2 aromatic carbocycles. The van der Waals surface area contributed by atoms with Crippen molar-refractivity contribution in [2.24, 2.45) is 0 Å². The van der Waals surface area contributed by atoms with E-state index in [-0.39, 0.29) is 16.5 Å². The van der Waals surface area contributed by atoms with Crippen molar-refractivity contribution in [3.8, 4) is 11.5 Å². The van der Waals surface area contributed by atoms with Crippen molar-refractivity contribution >= 4 is 27.3 Å². The molecule has 2 rings (SSSR count). The van der Waals surface area contributed by atoms with E-state index in [1.807, 2.05) is 13.0 Å². The van der Waals surface area contributed by atoms with Crippen LogP contribution >= 0.6 is 11.6 Å². The molecule has 0 aliphatic heterocycles. The van der Waals surface area contributed by atoms with Crippen LogP contribution in [-0.2, 0) is 10.0 Å². The van der Waals surface area contributed by atoms with Crippen molar-refractivity contribution < 1.29 is 17.9 Å². The molecule has 0 aliphatic carbocycles. The Balaban J connectivity index is 2.57. The molecule has 0 aliphatic rings. The molecule has 0 atom stereocenters. The van der Waals surface area contributed by atoms with Crippen molar-refractivity contribution in [1.82, 2.24) is 0 Å². The van der Waals surface area contributed by atoms with Crippen LogP contribution in [0.5, 0.6) is 11.5 Å². The quantitative estimate of drug-likeness (QED) is 0.775. The van der Waals surface area contributed by atoms with Gasteiger partial charge in [-0.1, -0.05) is 17.7 Å². The molecule has 0 unspecified atom stereocenters. The first-order valence-electron chi connectivity index (χ1n) is 7.36. The third-order valence-electron chi connectivity index (χ3n) is 3.60. The molecule has 0 saturated carbocycles. The second-order valence-corrected chi connectivity index (χ2v) is 7.41. The number of halogens is 1. The average Bonchev–Trinajstić information content (AvgIpc) is 2.55. The summed E-state index contributed by atoms with van der Waals surface area (Å²) in [6.45, 7) is 3.92. The number of anilines is 1. The van der Waals surface area contributed by atoms with E-state index in [4.69, 9.17) is 21.1 Å². The Morgan fingerprint density at radius 2 is 1.67 bits per heavy atom. The maximum atomic E-state index is 13.1. The van der Waals surface area contributed by atoms with E-state index in [9.17, 15) is 8.42 Å². The fourth-order valence-electron chi connectivity index (χ4n) is 2.40. The zero-order valence-corrected chi connectivity index (χ0v) is 15.6. The number of ether oxygens (including phenoxy) is 2. The Morgan fingerprint density at radius 1 is 1.04 bits per heavy atom. The van der Waals surface area contributed by atoms with Crippen LogP contribution in [0.1, 0.15) is 12.5 Å². The van der Waals surface area contributed by atoms with Crippen molar-refractivity contribution in [1.29, 1.82) is 0 Å². The molecule has 5 nitrogen and oxygen atoms in total. The summed E-state index contributed by atoms with van der Waals surface area (Å²) >= 11 is 6.08. The number of hydrogen-bond donors (Lipinski definition) is 0.